The van der Waals surface area contributed by atoms with Gasteiger partial charge in [0.2, 0.25) is 0 Å². The molecule has 1 amide bonds. The number of halogens is 3. The van der Waals surface area contributed by atoms with Gasteiger partial charge in [-0.1, -0.05) is 67.6 Å². The minimum atomic E-state index is -4.42. The molecule has 4 rings (SSSR count). The predicted molar refractivity (Wildman–Crippen MR) is 163 cm³/mol. The number of aliphatic carboxylic acids is 1. The second kappa shape index (κ2) is 14.2. The van der Waals surface area contributed by atoms with Gasteiger partial charge >= 0.3 is 12.1 Å². The van der Waals surface area contributed by atoms with Crippen LogP contribution in [0.1, 0.15) is 73.9 Å². The molecule has 0 bridgehead atoms. The van der Waals surface area contributed by atoms with Gasteiger partial charge in [0.15, 0.2) is 0 Å². The zero-order valence-electron chi connectivity index (χ0n) is 24.9. The van der Waals surface area contributed by atoms with Crippen molar-refractivity contribution in [1.29, 1.82) is 0 Å². The first kappa shape index (κ1) is 32.3. The van der Waals surface area contributed by atoms with Gasteiger partial charge in [0.1, 0.15) is 0 Å². The lowest BCUT2D eigenvalue weighted by Crippen LogP contribution is -2.47. The van der Waals surface area contributed by atoms with Crippen molar-refractivity contribution in [2.75, 3.05) is 26.2 Å². The molecule has 43 heavy (non-hydrogen) atoms. The van der Waals surface area contributed by atoms with Crippen molar-refractivity contribution in [3.8, 4) is 11.1 Å². The largest absolute Gasteiger partial charge is 0.481 e. The van der Waals surface area contributed by atoms with E-state index in [1.54, 1.807) is 24.3 Å². The molecule has 230 valence electrons. The molecule has 0 aromatic heterocycles. The number of carbonyl (C=O) groups excluding carboxylic acids is 1. The van der Waals surface area contributed by atoms with E-state index >= 15 is 0 Å². The molecule has 3 aromatic carbocycles. The average Bonchev–Trinajstić information content (AvgIpc) is 3.01. The van der Waals surface area contributed by atoms with Gasteiger partial charge < -0.3 is 14.9 Å². The number of piperidine rings is 1. The molecule has 1 fully saturated rings. The van der Waals surface area contributed by atoms with Crippen molar-refractivity contribution in [3.63, 3.8) is 0 Å². The summed E-state index contributed by atoms with van der Waals surface area (Å²) < 4.78 is 39.2. The van der Waals surface area contributed by atoms with Crippen LogP contribution in [0.3, 0.4) is 0 Å². The smallest absolute Gasteiger partial charge is 0.416 e. The summed E-state index contributed by atoms with van der Waals surface area (Å²) in [6.07, 6.45) is -0.216. The number of hydrogen-bond acceptors (Lipinski definition) is 3. The number of benzene rings is 3. The second-order valence-electron chi connectivity index (χ2n) is 11.5. The first-order chi connectivity index (χ1) is 20.6. The molecule has 1 heterocycles. The number of likely N-dealkylation sites (tertiary alicyclic amines) is 1. The average molecular weight is 595 g/mol. The Kier molecular flexibility index (Phi) is 10.7. The lowest BCUT2D eigenvalue weighted by atomic mass is 9.72. The maximum absolute atomic E-state index is 13.8. The van der Waals surface area contributed by atoms with Crippen LogP contribution in [0.5, 0.6) is 0 Å². The number of nitrogens with zero attached hydrogens (tertiary/aromatic N) is 2. The number of amides is 1. The van der Waals surface area contributed by atoms with Crippen molar-refractivity contribution in [2.24, 2.45) is 0 Å². The van der Waals surface area contributed by atoms with Crippen molar-refractivity contribution in [3.05, 3.63) is 95.6 Å². The number of rotatable bonds is 12. The highest BCUT2D eigenvalue weighted by atomic mass is 19.4. The quantitative estimate of drug-likeness (QED) is 0.232. The Labute approximate surface area is 252 Å². The highest BCUT2D eigenvalue weighted by Crippen LogP contribution is 2.37. The molecule has 0 radical (unpaired) electrons. The van der Waals surface area contributed by atoms with Crippen LogP contribution in [0.15, 0.2) is 78.9 Å². The van der Waals surface area contributed by atoms with Gasteiger partial charge in [-0.3, -0.25) is 9.59 Å². The Morgan fingerprint density at radius 2 is 1.51 bits per heavy atom. The van der Waals surface area contributed by atoms with Crippen LogP contribution >= 0.6 is 0 Å². The lowest BCUT2D eigenvalue weighted by molar-refractivity contribution is -0.139. The van der Waals surface area contributed by atoms with Crippen LogP contribution in [0.25, 0.3) is 11.1 Å². The number of hydrogen-bond donors (Lipinski definition) is 1. The summed E-state index contributed by atoms with van der Waals surface area (Å²) in [5.41, 5.74) is 1.65. The van der Waals surface area contributed by atoms with E-state index in [4.69, 9.17) is 0 Å². The third-order valence-electron chi connectivity index (χ3n) is 8.96. The highest BCUT2D eigenvalue weighted by molar-refractivity contribution is 6.01. The van der Waals surface area contributed by atoms with Crippen molar-refractivity contribution in [1.82, 2.24) is 9.80 Å². The van der Waals surface area contributed by atoms with Crippen LogP contribution in [0.4, 0.5) is 13.2 Å². The van der Waals surface area contributed by atoms with Crippen LogP contribution in [-0.2, 0) is 16.4 Å². The molecule has 1 N–H and O–H groups in total. The van der Waals surface area contributed by atoms with E-state index < -0.39 is 23.1 Å². The normalized spacial score (nSPS) is 16.0. The topological polar surface area (TPSA) is 60.9 Å². The number of carboxylic acid groups (broad SMARTS) is 1. The van der Waals surface area contributed by atoms with Crippen LogP contribution in [-0.4, -0.2) is 59.0 Å². The molecule has 1 aliphatic heterocycles. The van der Waals surface area contributed by atoms with Gasteiger partial charge in [-0.15, -0.1) is 0 Å². The van der Waals surface area contributed by atoms with Crippen LogP contribution in [0, 0.1) is 0 Å². The Hall–Kier alpha value is -3.65. The van der Waals surface area contributed by atoms with Crippen LogP contribution in [0.2, 0.25) is 0 Å². The Balaban J connectivity index is 1.38. The van der Waals surface area contributed by atoms with Crippen molar-refractivity contribution < 1.29 is 27.9 Å². The monoisotopic (exact) mass is 594 g/mol. The summed E-state index contributed by atoms with van der Waals surface area (Å²) >= 11 is 0. The SMILES string of the molecule is CCN(C(=O)c1ccccc1-c1ccc(C(F)(F)F)cc1)C1CCN(CCCC(CC)(CC(=O)O)c2ccccc2)CC1. The Morgan fingerprint density at radius 1 is 0.884 bits per heavy atom. The zero-order chi connectivity index (χ0) is 31.0. The summed E-state index contributed by atoms with van der Waals surface area (Å²) in [6, 6.07) is 22.1. The molecular formula is C35H41F3N2O3. The van der Waals surface area contributed by atoms with E-state index in [1.165, 1.54) is 12.1 Å². The van der Waals surface area contributed by atoms with Gasteiger partial charge in [-0.25, -0.2) is 0 Å². The van der Waals surface area contributed by atoms with Crippen molar-refractivity contribution >= 4 is 11.9 Å². The van der Waals surface area contributed by atoms with E-state index in [0.29, 0.717) is 23.2 Å². The minimum absolute atomic E-state index is 0.0699. The fourth-order valence-electron chi connectivity index (χ4n) is 6.50. The fourth-order valence-corrected chi connectivity index (χ4v) is 6.50. The molecule has 1 aliphatic rings. The van der Waals surface area contributed by atoms with E-state index in [9.17, 15) is 27.9 Å². The molecule has 0 aliphatic carbocycles. The van der Waals surface area contributed by atoms with Gasteiger partial charge in [-0.05, 0) is 80.5 Å². The highest BCUT2D eigenvalue weighted by Gasteiger charge is 2.34. The fraction of sp³-hybridized carbons (Fsp3) is 0.429. The molecule has 0 spiro atoms. The minimum Gasteiger partial charge on any atom is -0.481 e. The third kappa shape index (κ3) is 7.85. The number of alkyl halides is 3. The first-order valence-electron chi connectivity index (χ1n) is 15.1. The van der Waals surface area contributed by atoms with E-state index in [0.717, 1.165) is 69.4 Å². The molecule has 1 atom stereocenters. The van der Waals surface area contributed by atoms with Gasteiger partial charge in [0.25, 0.3) is 5.91 Å². The second-order valence-corrected chi connectivity index (χ2v) is 11.5. The maximum atomic E-state index is 13.8. The van der Waals surface area contributed by atoms with Crippen LogP contribution < -0.4 is 0 Å². The lowest BCUT2D eigenvalue weighted by Gasteiger charge is -2.39. The summed E-state index contributed by atoms with van der Waals surface area (Å²) in [7, 11) is 0. The zero-order valence-corrected chi connectivity index (χ0v) is 24.9. The van der Waals surface area contributed by atoms with Gasteiger partial charge in [0, 0.05) is 36.7 Å². The van der Waals surface area contributed by atoms with Gasteiger partial charge in [0.05, 0.1) is 12.0 Å². The maximum Gasteiger partial charge on any atom is 0.416 e. The summed E-state index contributed by atoms with van der Waals surface area (Å²) in [4.78, 5) is 29.9. The van der Waals surface area contributed by atoms with E-state index in [2.05, 4.69) is 11.8 Å². The third-order valence-corrected chi connectivity index (χ3v) is 8.96. The summed E-state index contributed by atoms with van der Waals surface area (Å²) in [6.45, 7) is 7.12. The molecule has 0 saturated carbocycles. The van der Waals surface area contributed by atoms with E-state index in [1.807, 2.05) is 42.2 Å². The first-order valence-corrected chi connectivity index (χ1v) is 15.1. The summed E-state index contributed by atoms with van der Waals surface area (Å²) in [5.74, 6) is -0.892. The predicted octanol–water partition coefficient (Wildman–Crippen LogP) is 7.90. The Bertz CT molecular complexity index is 1350. The molecule has 5 nitrogen and oxygen atoms in total. The number of carboxylic acids is 1. The van der Waals surface area contributed by atoms with Crippen molar-refractivity contribution in [2.45, 2.75) is 70.0 Å². The number of carbonyl (C=O) groups is 2. The molecule has 3 aromatic rings. The molecule has 1 unspecified atom stereocenters. The standard InChI is InChI=1S/C35H41F3N2O3/c1-3-34(25-32(41)42,27-11-6-5-7-12-27)21-10-22-39-23-19-29(20-24-39)40(4-2)33(43)31-14-9-8-13-30(31)26-15-17-28(18-16-26)35(36,37)38/h5-9,11-18,29H,3-4,10,19-25H2,1-2H3,(H,41,42). The molecular weight excluding hydrogens is 553 g/mol. The van der Waals surface area contributed by atoms with Gasteiger partial charge in [-0.2, -0.15) is 13.2 Å². The molecule has 8 heteroatoms. The molecule has 1 saturated heterocycles. The summed E-state index contributed by atoms with van der Waals surface area (Å²) in [5, 5.41) is 9.66. The van der Waals surface area contributed by atoms with E-state index in [-0.39, 0.29) is 18.4 Å². The Morgan fingerprint density at radius 3 is 2.09 bits per heavy atom.